The van der Waals surface area contributed by atoms with E-state index in [0.717, 1.165) is 17.4 Å². The van der Waals surface area contributed by atoms with Gasteiger partial charge in [0.2, 0.25) is 0 Å². The number of nitrogens with zero attached hydrogens (tertiary/aromatic N) is 1. The SMILES string of the molecule is CCCNC(CCC)c1ccn(Cc2ccc(Cl)s2)c1. The lowest BCUT2D eigenvalue weighted by Gasteiger charge is -2.16. The Morgan fingerprint density at radius 2 is 2.10 bits per heavy atom. The van der Waals surface area contributed by atoms with Crippen LogP contribution < -0.4 is 5.32 Å². The topological polar surface area (TPSA) is 17.0 Å². The molecule has 1 atom stereocenters. The molecule has 2 heterocycles. The first-order valence-corrected chi connectivity index (χ1v) is 8.55. The van der Waals surface area contributed by atoms with Crippen LogP contribution in [0.5, 0.6) is 0 Å². The van der Waals surface area contributed by atoms with Gasteiger partial charge in [-0.1, -0.05) is 31.9 Å². The zero-order valence-corrected chi connectivity index (χ0v) is 13.8. The highest BCUT2D eigenvalue weighted by Crippen LogP contribution is 2.24. The van der Waals surface area contributed by atoms with Crippen molar-refractivity contribution in [2.45, 2.75) is 45.7 Å². The maximum atomic E-state index is 5.98. The molecule has 0 aliphatic rings. The number of thiophene rings is 1. The summed E-state index contributed by atoms with van der Waals surface area (Å²) in [7, 11) is 0. The van der Waals surface area contributed by atoms with Crippen molar-refractivity contribution in [3.05, 3.63) is 45.4 Å². The highest BCUT2D eigenvalue weighted by Gasteiger charge is 2.11. The Labute approximate surface area is 130 Å². The fourth-order valence-corrected chi connectivity index (χ4v) is 3.47. The molecule has 0 saturated carbocycles. The predicted molar refractivity (Wildman–Crippen MR) is 88.8 cm³/mol. The summed E-state index contributed by atoms with van der Waals surface area (Å²) in [4.78, 5) is 1.30. The monoisotopic (exact) mass is 310 g/mol. The van der Waals surface area contributed by atoms with E-state index in [4.69, 9.17) is 11.6 Å². The standard InChI is InChI=1S/C16H23ClN2S/c1-3-5-15(18-9-4-2)13-8-10-19(11-13)12-14-6-7-16(17)20-14/h6-8,10-11,15,18H,3-5,9,12H2,1-2H3. The van der Waals surface area contributed by atoms with Crippen LogP contribution in [0, 0.1) is 0 Å². The second kappa shape index (κ2) is 7.87. The Balaban J connectivity index is 2.02. The van der Waals surface area contributed by atoms with Crippen molar-refractivity contribution < 1.29 is 0 Å². The minimum absolute atomic E-state index is 0.480. The Morgan fingerprint density at radius 3 is 2.75 bits per heavy atom. The van der Waals surface area contributed by atoms with E-state index in [0.29, 0.717) is 6.04 Å². The summed E-state index contributed by atoms with van der Waals surface area (Å²) >= 11 is 7.63. The largest absolute Gasteiger partial charge is 0.349 e. The zero-order chi connectivity index (χ0) is 14.4. The summed E-state index contributed by atoms with van der Waals surface area (Å²) in [5, 5.41) is 3.64. The molecule has 0 aliphatic carbocycles. The first kappa shape index (κ1) is 15.6. The molecule has 1 N–H and O–H groups in total. The Hall–Kier alpha value is -0.770. The first-order valence-electron chi connectivity index (χ1n) is 7.36. The van der Waals surface area contributed by atoms with Gasteiger partial charge in [0.25, 0.3) is 0 Å². The Kier molecular flexibility index (Phi) is 6.14. The number of nitrogens with one attached hydrogen (secondary N) is 1. The van der Waals surface area contributed by atoms with Crippen LogP contribution in [-0.4, -0.2) is 11.1 Å². The summed E-state index contributed by atoms with van der Waals surface area (Å²) in [6.07, 6.45) is 7.99. The van der Waals surface area contributed by atoms with Crippen molar-refractivity contribution in [2.75, 3.05) is 6.54 Å². The van der Waals surface area contributed by atoms with Crippen LogP contribution in [0.1, 0.15) is 49.6 Å². The van der Waals surface area contributed by atoms with Gasteiger partial charge in [-0.3, -0.25) is 0 Å². The second-order valence-corrected chi connectivity index (χ2v) is 6.92. The van der Waals surface area contributed by atoms with E-state index in [1.54, 1.807) is 11.3 Å². The van der Waals surface area contributed by atoms with E-state index in [1.165, 1.54) is 29.7 Å². The molecule has 0 bridgehead atoms. The third-order valence-electron chi connectivity index (χ3n) is 3.36. The second-order valence-electron chi connectivity index (χ2n) is 5.12. The lowest BCUT2D eigenvalue weighted by Crippen LogP contribution is -2.21. The molecule has 20 heavy (non-hydrogen) atoms. The minimum atomic E-state index is 0.480. The van der Waals surface area contributed by atoms with Gasteiger partial charge in [-0.05, 0) is 43.1 Å². The van der Waals surface area contributed by atoms with Crippen molar-refractivity contribution in [1.82, 2.24) is 9.88 Å². The van der Waals surface area contributed by atoms with Crippen molar-refractivity contribution in [3.63, 3.8) is 0 Å². The third kappa shape index (κ3) is 4.37. The van der Waals surface area contributed by atoms with Gasteiger partial charge in [0.05, 0.1) is 10.9 Å². The third-order valence-corrected chi connectivity index (χ3v) is 4.58. The number of hydrogen-bond acceptors (Lipinski definition) is 2. The van der Waals surface area contributed by atoms with E-state index in [2.05, 4.69) is 48.3 Å². The molecule has 4 heteroatoms. The molecular weight excluding hydrogens is 288 g/mol. The predicted octanol–water partition coefficient (Wildman–Crippen LogP) is 5.09. The van der Waals surface area contributed by atoms with Gasteiger partial charge in [-0.2, -0.15) is 0 Å². The first-order chi connectivity index (χ1) is 9.72. The van der Waals surface area contributed by atoms with Crippen LogP contribution in [0.2, 0.25) is 4.34 Å². The van der Waals surface area contributed by atoms with E-state index in [1.807, 2.05) is 6.07 Å². The molecule has 0 radical (unpaired) electrons. The molecule has 2 rings (SSSR count). The van der Waals surface area contributed by atoms with E-state index < -0.39 is 0 Å². The molecule has 2 nitrogen and oxygen atoms in total. The molecule has 2 aromatic heterocycles. The summed E-state index contributed by atoms with van der Waals surface area (Å²) in [5.74, 6) is 0. The number of rotatable bonds is 8. The van der Waals surface area contributed by atoms with Crippen LogP contribution in [0.3, 0.4) is 0 Å². The molecule has 0 aliphatic heterocycles. The average Bonchev–Trinajstić information content (AvgIpc) is 3.04. The minimum Gasteiger partial charge on any atom is -0.349 e. The van der Waals surface area contributed by atoms with Gasteiger partial charge >= 0.3 is 0 Å². The van der Waals surface area contributed by atoms with Crippen LogP contribution >= 0.6 is 22.9 Å². The van der Waals surface area contributed by atoms with Crippen molar-refractivity contribution >= 4 is 22.9 Å². The highest BCUT2D eigenvalue weighted by atomic mass is 35.5. The molecule has 0 aromatic carbocycles. The van der Waals surface area contributed by atoms with Crippen LogP contribution in [0.25, 0.3) is 0 Å². The molecular formula is C16H23ClN2S. The fraction of sp³-hybridized carbons (Fsp3) is 0.500. The number of hydrogen-bond donors (Lipinski definition) is 1. The van der Waals surface area contributed by atoms with E-state index in [-0.39, 0.29) is 0 Å². The highest BCUT2D eigenvalue weighted by molar-refractivity contribution is 7.16. The average molecular weight is 311 g/mol. The maximum absolute atomic E-state index is 5.98. The van der Waals surface area contributed by atoms with Crippen LogP contribution in [-0.2, 0) is 6.54 Å². The van der Waals surface area contributed by atoms with E-state index in [9.17, 15) is 0 Å². The Bertz CT molecular complexity index is 518. The molecule has 0 spiro atoms. The molecule has 1 unspecified atom stereocenters. The summed E-state index contributed by atoms with van der Waals surface area (Å²) < 4.78 is 3.11. The lowest BCUT2D eigenvalue weighted by molar-refractivity contribution is 0.493. The maximum Gasteiger partial charge on any atom is 0.0931 e. The summed E-state index contributed by atoms with van der Waals surface area (Å²) in [6.45, 7) is 6.44. The van der Waals surface area contributed by atoms with E-state index >= 15 is 0 Å². The smallest absolute Gasteiger partial charge is 0.0931 e. The molecule has 0 amide bonds. The van der Waals surface area contributed by atoms with Gasteiger partial charge in [-0.25, -0.2) is 0 Å². The quantitative estimate of drug-likeness (QED) is 0.718. The lowest BCUT2D eigenvalue weighted by atomic mass is 10.1. The molecule has 110 valence electrons. The number of halogens is 1. The van der Waals surface area contributed by atoms with Gasteiger partial charge in [0.1, 0.15) is 0 Å². The number of aromatic nitrogens is 1. The molecule has 0 fully saturated rings. The zero-order valence-electron chi connectivity index (χ0n) is 12.2. The molecule has 0 saturated heterocycles. The van der Waals surface area contributed by atoms with Gasteiger partial charge in [0, 0.05) is 23.3 Å². The van der Waals surface area contributed by atoms with Crippen molar-refractivity contribution in [2.24, 2.45) is 0 Å². The van der Waals surface area contributed by atoms with Crippen molar-refractivity contribution in [3.8, 4) is 0 Å². The normalized spacial score (nSPS) is 12.8. The van der Waals surface area contributed by atoms with Gasteiger partial charge < -0.3 is 9.88 Å². The van der Waals surface area contributed by atoms with Crippen LogP contribution in [0.4, 0.5) is 0 Å². The van der Waals surface area contributed by atoms with Crippen LogP contribution in [0.15, 0.2) is 30.6 Å². The van der Waals surface area contributed by atoms with Gasteiger partial charge in [0.15, 0.2) is 0 Å². The molecule has 2 aromatic rings. The Morgan fingerprint density at radius 1 is 1.25 bits per heavy atom. The van der Waals surface area contributed by atoms with Crippen molar-refractivity contribution in [1.29, 1.82) is 0 Å². The summed E-state index contributed by atoms with van der Waals surface area (Å²) in [6, 6.07) is 6.78. The summed E-state index contributed by atoms with van der Waals surface area (Å²) in [5.41, 5.74) is 1.39. The van der Waals surface area contributed by atoms with Gasteiger partial charge in [-0.15, -0.1) is 11.3 Å². The fourth-order valence-electron chi connectivity index (χ4n) is 2.37.